The van der Waals surface area contributed by atoms with E-state index in [1.807, 2.05) is 24.3 Å². The van der Waals surface area contributed by atoms with Gasteiger partial charge in [0.25, 0.3) is 5.91 Å². The van der Waals surface area contributed by atoms with Crippen LogP contribution in [0.4, 0.5) is 5.69 Å². The van der Waals surface area contributed by atoms with Crippen LogP contribution in [-0.4, -0.2) is 27.2 Å². The monoisotopic (exact) mass is 393 g/mol. The van der Waals surface area contributed by atoms with E-state index >= 15 is 0 Å². The normalized spacial score (nSPS) is 10.2. The summed E-state index contributed by atoms with van der Waals surface area (Å²) in [7, 11) is 4.77. The first-order chi connectivity index (χ1) is 14.1. The van der Waals surface area contributed by atoms with Gasteiger partial charge in [0.05, 0.1) is 21.3 Å². The number of ether oxygens (including phenoxy) is 4. The largest absolute Gasteiger partial charge is 0.497 e. The summed E-state index contributed by atoms with van der Waals surface area (Å²) >= 11 is 0. The molecule has 6 nitrogen and oxygen atoms in total. The lowest BCUT2D eigenvalue weighted by Gasteiger charge is -2.14. The van der Waals surface area contributed by atoms with Crippen LogP contribution in [0.25, 0.3) is 0 Å². The molecule has 1 N–H and O–H groups in total. The van der Waals surface area contributed by atoms with Crippen molar-refractivity contribution in [1.29, 1.82) is 0 Å². The van der Waals surface area contributed by atoms with Gasteiger partial charge in [-0.05, 0) is 54.6 Å². The summed E-state index contributed by atoms with van der Waals surface area (Å²) in [5, 5.41) is 2.87. The fourth-order valence-corrected chi connectivity index (χ4v) is 2.80. The molecule has 0 aromatic heterocycles. The van der Waals surface area contributed by atoms with Crippen molar-refractivity contribution in [3.63, 3.8) is 0 Å². The molecule has 29 heavy (non-hydrogen) atoms. The fourth-order valence-electron chi connectivity index (χ4n) is 2.80. The van der Waals surface area contributed by atoms with Gasteiger partial charge in [0, 0.05) is 16.8 Å². The Morgan fingerprint density at radius 2 is 1.48 bits per heavy atom. The van der Waals surface area contributed by atoms with Crippen LogP contribution >= 0.6 is 0 Å². The van der Waals surface area contributed by atoms with Gasteiger partial charge in [-0.3, -0.25) is 4.79 Å². The summed E-state index contributed by atoms with van der Waals surface area (Å²) in [5.74, 6) is 2.39. The highest BCUT2D eigenvalue weighted by molar-refractivity contribution is 6.04. The van der Waals surface area contributed by atoms with Gasteiger partial charge in [0.2, 0.25) is 0 Å². The van der Waals surface area contributed by atoms with Crippen molar-refractivity contribution < 1.29 is 23.7 Å². The van der Waals surface area contributed by atoms with Crippen molar-refractivity contribution in [1.82, 2.24) is 0 Å². The number of hydrogen-bond donors (Lipinski definition) is 1. The molecule has 6 heteroatoms. The van der Waals surface area contributed by atoms with Crippen LogP contribution in [0.15, 0.2) is 66.7 Å². The highest BCUT2D eigenvalue weighted by Gasteiger charge is 2.12. The Labute approximate surface area is 170 Å². The maximum absolute atomic E-state index is 12.7. The number of anilines is 1. The molecule has 0 fully saturated rings. The van der Waals surface area contributed by atoms with E-state index in [4.69, 9.17) is 18.9 Å². The molecule has 0 aliphatic heterocycles. The van der Waals surface area contributed by atoms with E-state index in [-0.39, 0.29) is 12.5 Å². The molecule has 0 spiro atoms. The molecule has 150 valence electrons. The van der Waals surface area contributed by atoms with Gasteiger partial charge in [-0.15, -0.1) is 0 Å². The summed E-state index contributed by atoms with van der Waals surface area (Å²) in [6.45, 7) is 0.229. The first kappa shape index (κ1) is 20.1. The molecule has 0 unspecified atom stereocenters. The van der Waals surface area contributed by atoms with Gasteiger partial charge >= 0.3 is 0 Å². The molecule has 0 aliphatic carbocycles. The van der Waals surface area contributed by atoms with Gasteiger partial charge in [-0.25, -0.2) is 0 Å². The molecule has 1 amide bonds. The van der Waals surface area contributed by atoms with Crippen LogP contribution in [0.1, 0.15) is 15.9 Å². The standard InChI is InChI=1S/C23H23NO5/c1-26-19-11-9-18(10-12-19)24-23(25)16-8-13-20(27-2)17(14-16)15-29-22-7-5-4-6-21(22)28-3/h4-14H,15H2,1-3H3,(H,24,25). The predicted molar refractivity (Wildman–Crippen MR) is 111 cm³/mol. The zero-order chi connectivity index (χ0) is 20.6. The quantitative estimate of drug-likeness (QED) is 0.608. The second-order valence-corrected chi connectivity index (χ2v) is 6.15. The maximum Gasteiger partial charge on any atom is 0.255 e. The lowest BCUT2D eigenvalue weighted by atomic mass is 10.1. The van der Waals surface area contributed by atoms with Crippen LogP contribution < -0.4 is 24.3 Å². The minimum Gasteiger partial charge on any atom is -0.497 e. The third-order valence-corrected chi connectivity index (χ3v) is 4.34. The van der Waals surface area contributed by atoms with E-state index in [1.54, 1.807) is 63.8 Å². The number of rotatable bonds is 8. The van der Waals surface area contributed by atoms with E-state index in [0.29, 0.717) is 28.5 Å². The molecule has 0 heterocycles. The van der Waals surface area contributed by atoms with Crippen molar-refractivity contribution >= 4 is 11.6 Å². The first-order valence-electron chi connectivity index (χ1n) is 9.02. The molecule has 0 radical (unpaired) electrons. The number of benzene rings is 3. The Bertz CT molecular complexity index is 969. The van der Waals surface area contributed by atoms with Crippen molar-refractivity contribution in [2.45, 2.75) is 6.61 Å². The molecule has 0 aliphatic rings. The van der Waals surface area contributed by atoms with E-state index in [9.17, 15) is 4.79 Å². The number of methoxy groups -OCH3 is 3. The number of hydrogen-bond acceptors (Lipinski definition) is 5. The van der Waals surface area contributed by atoms with Gasteiger partial charge in [-0.2, -0.15) is 0 Å². The summed E-state index contributed by atoms with van der Waals surface area (Å²) in [4.78, 5) is 12.7. The SMILES string of the molecule is COc1ccc(NC(=O)c2ccc(OC)c(COc3ccccc3OC)c2)cc1. The summed E-state index contributed by atoms with van der Waals surface area (Å²) < 4.78 is 21.7. The van der Waals surface area contributed by atoms with Crippen LogP contribution in [0.2, 0.25) is 0 Å². The lowest BCUT2D eigenvalue weighted by Crippen LogP contribution is -2.13. The van der Waals surface area contributed by atoms with E-state index in [0.717, 1.165) is 11.3 Å². The first-order valence-corrected chi connectivity index (χ1v) is 9.02. The van der Waals surface area contributed by atoms with Crippen LogP contribution in [0.5, 0.6) is 23.0 Å². The summed E-state index contributed by atoms with van der Waals surface area (Å²) in [6, 6.07) is 19.8. The molecule has 3 rings (SSSR count). The molecule has 3 aromatic rings. The summed E-state index contributed by atoms with van der Waals surface area (Å²) in [6.07, 6.45) is 0. The minimum absolute atomic E-state index is 0.226. The number of carbonyl (C=O) groups is 1. The third-order valence-electron chi connectivity index (χ3n) is 4.34. The molecule has 0 saturated heterocycles. The Kier molecular flexibility index (Phi) is 6.58. The lowest BCUT2D eigenvalue weighted by molar-refractivity contribution is 0.102. The Hall–Kier alpha value is -3.67. The Balaban J connectivity index is 1.75. The predicted octanol–water partition coefficient (Wildman–Crippen LogP) is 4.54. The topological polar surface area (TPSA) is 66.0 Å². The molecular weight excluding hydrogens is 370 g/mol. The third kappa shape index (κ3) is 4.99. The molecule has 0 bridgehead atoms. The van der Waals surface area contributed by atoms with Crippen LogP contribution in [-0.2, 0) is 6.61 Å². The average Bonchev–Trinajstić information content (AvgIpc) is 2.78. The molecule has 0 atom stereocenters. The van der Waals surface area contributed by atoms with Crippen LogP contribution in [0.3, 0.4) is 0 Å². The van der Waals surface area contributed by atoms with Crippen LogP contribution in [0, 0.1) is 0 Å². The zero-order valence-electron chi connectivity index (χ0n) is 16.6. The highest BCUT2D eigenvalue weighted by Crippen LogP contribution is 2.29. The minimum atomic E-state index is -0.226. The van der Waals surface area contributed by atoms with E-state index in [1.165, 1.54) is 0 Å². The number of amides is 1. The Morgan fingerprint density at radius 3 is 2.14 bits per heavy atom. The molecular formula is C23H23NO5. The van der Waals surface area contributed by atoms with Crippen molar-refractivity contribution in [2.75, 3.05) is 26.6 Å². The van der Waals surface area contributed by atoms with E-state index < -0.39 is 0 Å². The van der Waals surface area contributed by atoms with Gasteiger partial charge < -0.3 is 24.3 Å². The Morgan fingerprint density at radius 1 is 0.793 bits per heavy atom. The number of para-hydroxylation sites is 2. The molecule has 3 aromatic carbocycles. The number of nitrogens with one attached hydrogen (secondary N) is 1. The van der Waals surface area contributed by atoms with Gasteiger partial charge in [-0.1, -0.05) is 12.1 Å². The molecule has 0 saturated carbocycles. The van der Waals surface area contributed by atoms with Crippen molar-refractivity contribution in [3.05, 3.63) is 77.9 Å². The smallest absolute Gasteiger partial charge is 0.255 e. The second kappa shape index (κ2) is 9.50. The maximum atomic E-state index is 12.7. The van der Waals surface area contributed by atoms with Gasteiger partial charge in [0.1, 0.15) is 18.1 Å². The van der Waals surface area contributed by atoms with Gasteiger partial charge in [0.15, 0.2) is 11.5 Å². The van der Waals surface area contributed by atoms with E-state index in [2.05, 4.69) is 5.32 Å². The zero-order valence-corrected chi connectivity index (χ0v) is 16.6. The second-order valence-electron chi connectivity index (χ2n) is 6.15. The van der Waals surface area contributed by atoms with Crippen molar-refractivity contribution in [3.8, 4) is 23.0 Å². The summed E-state index contributed by atoms with van der Waals surface area (Å²) in [5.41, 5.74) is 1.93. The fraction of sp³-hybridized carbons (Fsp3) is 0.174. The number of carbonyl (C=O) groups excluding carboxylic acids is 1. The average molecular weight is 393 g/mol. The van der Waals surface area contributed by atoms with Crippen molar-refractivity contribution in [2.24, 2.45) is 0 Å². The highest BCUT2D eigenvalue weighted by atomic mass is 16.5.